The van der Waals surface area contributed by atoms with E-state index in [1.807, 2.05) is 31.2 Å². The Morgan fingerprint density at radius 3 is 2.43 bits per heavy atom. The number of aliphatic hydroxyl groups is 1. The third-order valence-corrected chi connectivity index (χ3v) is 3.65. The zero-order valence-corrected chi connectivity index (χ0v) is 12.9. The fourth-order valence-corrected chi connectivity index (χ4v) is 2.27. The van der Waals surface area contributed by atoms with Crippen LogP contribution in [0.5, 0.6) is 0 Å². The first-order valence-electron chi connectivity index (χ1n) is 7.48. The van der Waals surface area contributed by atoms with E-state index in [2.05, 4.69) is 5.32 Å². The van der Waals surface area contributed by atoms with Crippen LogP contribution in [-0.4, -0.2) is 18.2 Å². The number of rotatable bonds is 6. The third kappa shape index (κ3) is 5.37. The quantitative estimate of drug-likeness (QED) is 0.791. The van der Waals surface area contributed by atoms with Crippen LogP contribution >= 0.6 is 0 Å². The number of aryl methyl sites for hydroxylation is 1. The third-order valence-electron chi connectivity index (χ3n) is 3.65. The van der Waals surface area contributed by atoms with Gasteiger partial charge in [0.2, 0.25) is 0 Å². The average molecular weight is 323 g/mol. The van der Waals surface area contributed by atoms with Crippen LogP contribution in [0.25, 0.3) is 0 Å². The topological polar surface area (TPSA) is 32.3 Å². The lowest BCUT2D eigenvalue weighted by Crippen LogP contribution is -2.24. The van der Waals surface area contributed by atoms with Gasteiger partial charge >= 0.3 is 6.18 Å². The maximum absolute atomic E-state index is 12.7. The van der Waals surface area contributed by atoms with Crippen molar-refractivity contribution < 1.29 is 18.3 Å². The number of hydrogen-bond acceptors (Lipinski definition) is 2. The van der Waals surface area contributed by atoms with E-state index < -0.39 is 17.8 Å². The van der Waals surface area contributed by atoms with Crippen molar-refractivity contribution in [1.29, 1.82) is 0 Å². The highest BCUT2D eigenvalue weighted by atomic mass is 19.4. The molecule has 0 heterocycles. The van der Waals surface area contributed by atoms with Crippen molar-refractivity contribution in [1.82, 2.24) is 5.32 Å². The van der Waals surface area contributed by atoms with Gasteiger partial charge in [-0.15, -0.1) is 0 Å². The Kier molecular flexibility index (Phi) is 5.80. The molecule has 0 radical (unpaired) electrons. The highest BCUT2D eigenvalue weighted by molar-refractivity contribution is 5.27. The Balaban J connectivity index is 1.83. The molecule has 0 aliphatic heterocycles. The summed E-state index contributed by atoms with van der Waals surface area (Å²) in [5.41, 5.74) is 1.90. The second kappa shape index (κ2) is 7.62. The minimum atomic E-state index is -4.39. The van der Waals surface area contributed by atoms with Gasteiger partial charge in [-0.3, -0.25) is 0 Å². The van der Waals surface area contributed by atoms with E-state index in [0.717, 1.165) is 18.6 Å². The molecular weight excluding hydrogens is 303 g/mol. The molecule has 2 rings (SSSR count). The molecule has 0 amide bonds. The van der Waals surface area contributed by atoms with Gasteiger partial charge in [0, 0.05) is 6.54 Å². The number of nitrogens with one attached hydrogen (secondary N) is 1. The molecule has 0 fully saturated rings. The summed E-state index contributed by atoms with van der Waals surface area (Å²) in [5, 5.41) is 13.1. The van der Waals surface area contributed by atoms with Crippen molar-refractivity contribution in [3.05, 3.63) is 70.8 Å². The van der Waals surface area contributed by atoms with Gasteiger partial charge < -0.3 is 10.4 Å². The van der Waals surface area contributed by atoms with Gasteiger partial charge in [-0.05, 0) is 43.1 Å². The fourth-order valence-electron chi connectivity index (χ4n) is 2.27. The summed E-state index contributed by atoms with van der Waals surface area (Å²) in [5.74, 6) is 0. The van der Waals surface area contributed by atoms with Gasteiger partial charge in [0.05, 0.1) is 11.7 Å². The molecule has 2 N–H and O–H groups in total. The van der Waals surface area contributed by atoms with Gasteiger partial charge in [-0.1, -0.05) is 42.0 Å². The lowest BCUT2D eigenvalue weighted by Gasteiger charge is -2.14. The Morgan fingerprint density at radius 2 is 1.78 bits per heavy atom. The molecular formula is C18H20F3NO. The largest absolute Gasteiger partial charge is 0.416 e. The summed E-state index contributed by atoms with van der Waals surface area (Å²) in [7, 11) is 0. The SMILES string of the molecule is Cc1ccc(CCNCC(O)c2cccc(C(F)(F)F)c2)cc1. The van der Waals surface area contributed by atoms with Gasteiger partial charge in [-0.25, -0.2) is 0 Å². The van der Waals surface area contributed by atoms with Crippen molar-refractivity contribution in [2.75, 3.05) is 13.1 Å². The fraction of sp³-hybridized carbons (Fsp3) is 0.333. The summed E-state index contributed by atoms with van der Waals surface area (Å²) in [6.45, 7) is 2.89. The van der Waals surface area contributed by atoms with Gasteiger partial charge in [0.25, 0.3) is 0 Å². The van der Waals surface area contributed by atoms with Crippen molar-refractivity contribution >= 4 is 0 Å². The van der Waals surface area contributed by atoms with Crippen molar-refractivity contribution in [2.24, 2.45) is 0 Å². The normalized spacial score (nSPS) is 13.1. The molecule has 5 heteroatoms. The van der Waals surface area contributed by atoms with Crippen molar-refractivity contribution in [2.45, 2.75) is 25.6 Å². The molecule has 0 saturated carbocycles. The summed E-state index contributed by atoms with van der Waals surface area (Å²) < 4.78 is 38.0. The Morgan fingerprint density at radius 1 is 1.09 bits per heavy atom. The molecule has 2 nitrogen and oxygen atoms in total. The summed E-state index contributed by atoms with van der Waals surface area (Å²) in [4.78, 5) is 0. The molecule has 1 unspecified atom stereocenters. The molecule has 2 aromatic carbocycles. The van der Waals surface area contributed by atoms with Crippen LogP contribution in [0.3, 0.4) is 0 Å². The van der Waals surface area contributed by atoms with E-state index in [-0.39, 0.29) is 12.1 Å². The zero-order chi connectivity index (χ0) is 16.9. The highest BCUT2D eigenvalue weighted by Gasteiger charge is 2.30. The maximum atomic E-state index is 12.7. The van der Waals surface area contributed by atoms with E-state index in [0.29, 0.717) is 6.54 Å². The van der Waals surface area contributed by atoms with Crippen LogP contribution in [0.2, 0.25) is 0 Å². The van der Waals surface area contributed by atoms with E-state index >= 15 is 0 Å². The second-order valence-electron chi connectivity index (χ2n) is 5.58. The Labute approximate surface area is 134 Å². The van der Waals surface area contributed by atoms with E-state index in [9.17, 15) is 18.3 Å². The maximum Gasteiger partial charge on any atom is 0.416 e. The molecule has 2 aromatic rings. The molecule has 0 aliphatic rings. The number of alkyl halides is 3. The standard InChI is InChI=1S/C18H20F3NO/c1-13-5-7-14(8-6-13)9-10-22-12-17(23)15-3-2-4-16(11-15)18(19,20)21/h2-8,11,17,22-23H,9-10,12H2,1H3. The molecule has 0 spiro atoms. The summed E-state index contributed by atoms with van der Waals surface area (Å²) >= 11 is 0. The number of benzene rings is 2. The first-order valence-corrected chi connectivity index (χ1v) is 7.48. The smallest absolute Gasteiger partial charge is 0.387 e. The molecule has 0 saturated heterocycles. The van der Waals surface area contributed by atoms with E-state index in [4.69, 9.17) is 0 Å². The van der Waals surface area contributed by atoms with Crippen LogP contribution in [0.15, 0.2) is 48.5 Å². The molecule has 0 bridgehead atoms. The van der Waals surface area contributed by atoms with Crippen molar-refractivity contribution in [3.63, 3.8) is 0 Å². The lowest BCUT2D eigenvalue weighted by atomic mass is 10.1. The van der Waals surface area contributed by atoms with Crippen LogP contribution < -0.4 is 5.32 Å². The van der Waals surface area contributed by atoms with Crippen molar-refractivity contribution in [3.8, 4) is 0 Å². The van der Waals surface area contributed by atoms with Crippen LogP contribution in [0, 0.1) is 6.92 Å². The highest BCUT2D eigenvalue weighted by Crippen LogP contribution is 2.30. The molecule has 23 heavy (non-hydrogen) atoms. The van der Waals surface area contributed by atoms with Crippen LogP contribution in [0.4, 0.5) is 13.2 Å². The number of halogens is 3. The number of hydrogen-bond donors (Lipinski definition) is 2. The Hall–Kier alpha value is -1.85. The van der Waals surface area contributed by atoms with Gasteiger partial charge in [0.1, 0.15) is 0 Å². The monoisotopic (exact) mass is 323 g/mol. The molecule has 0 aromatic heterocycles. The van der Waals surface area contributed by atoms with Gasteiger partial charge in [-0.2, -0.15) is 13.2 Å². The first-order chi connectivity index (χ1) is 10.9. The molecule has 124 valence electrons. The number of aliphatic hydroxyl groups excluding tert-OH is 1. The first kappa shape index (κ1) is 17.5. The zero-order valence-electron chi connectivity index (χ0n) is 12.9. The average Bonchev–Trinajstić information content (AvgIpc) is 2.52. The minimum Gasteiger partial charge on any atom is -0.387 e. The molecule has 1 atom stereocenters. The Bertz CT molecular complexity index is 623. The predicted octanol–water partition coefficient (Wildman–Crippen LogP) is 3.88. The van der Waals surface area contributed by atoms with Crippen LogP contribution in [0.1, 0.15) is 28.4 Å². The predicted molar refractivity (Wildman–Crippen MR) is 84.2 cm³/mol. The molecule has 0 aliphatic carbocycles. The lowest BCUT2D eigenvalue weighted by molar-refractivity contribution is -0.137. The second-order valence-corrected chi connectivity index (χ2v) is 5.58. The van der Waals surface area contributed by atoms with Crippen LogP contribution in [-0.2, 0) is 12.6 Å². The summed E-state index contributed by atoms with van der Waals surface area (Å²) in [6.07, 6.45) is -4.56. The minimum absolute atomic E-state index is 0.215. The van der Waals surface area contributed by atoms with E-state index in [1.54, 1.807) is 0 Å². The van der Waals surface area contributed by atoms with E-state index in [1.165, 1.54) is 23.3 Å². The van der Waals surface area contributed by atoms with Gasteiger partial charge in [0.15, 0.2) is 0 Å². The summed E-state index contributed by atoms with van der Waals surface area (Å²) in [6, 6.07) is 13.0.